The molecule has 0 unspecified atom stereocenters. The SMILES string of the molecule is CC.CC.CC.CC(C)c1cc(Cc2c(Cl)cc(-n3nc(C(=O)O)c(=O)[nH]c3=O)cc2Cl)n[nH]c1=O. The number of H-pyrrole nitrogens is 2. The van der Waals surface area contributed by atoms with E-state index in [0.29, 0.717) is 21.5 Å². The van der Waals surface area contributed by atoms with Gasteiger partial charge in [0.1, 0.15) is 0 Å². The van der Waals surface area contributed by atoms with Crippen LogP contribution in [-0.4, -0.2) is 36.0 Å². The first-order valence-electron chi connectivity index (χ1n) is 11.6. The van der Waals surface area contributed by atoms with Gasteiger partial charge in [-0.05, 0) is 29.7 Å². The summed E-state index contributed by atoms with van der Waals surface area (Å²) in [5.41, 5.74) is -1.57. The quantitative estimate of drug-likeness (QED) is 0.419. The van der Waals surface area contributed by atoms with Crippen LogP contribution in [0, 0.1) is 0 Å². The number of benzene rings is 1. The predicted molar refractivity (Wildman–Crippen MR) is 143 cm³/mol. The third kappa shape index (κ3) is 8.17. The lowest BCUT2D eigenvalue weighted by atomic mass is 10.0. The lowest BCUT2D eigenvalue weighted by Gasteiger charge is -2.12. The Labute approximate surface area is 219 Å². The maximum atomic E-state index is 12.1. The van der Waals surface area contributed by atoms with Gasteiger partial charge in [0.15, 0.2) is 0 Å². The number of halogens is 2. The van der Waals surface area contributed by atoms with Crippen molar-refractivity contribution in [2.75, 3.05) is 0 Å². The number of nitrogens with zero attached hydrogens (tertiary/aromatic N) is 3. The first-order valence-corrected chi connectivity index (χ1v) is 12.4. The van der Waals surface area contributed by atoms with Crippen LogP contribution >= 0.6 is 23.2 Å². The largest absolute Gasteiger partial charge is 0.476 e. The first kappa shape index (κ1) is 32.8. The van der Waals surface area contributed by atoms with Crippen LogP contribution in [-0.2, 0) is 6.42 Å². The van der Waals surface area contributed by atoms with Crippen LogP contribution in [0.1, 0.15) is 88.6 Å². The number of rotatable bonds is 5. The van der Waals surface area contributed by atoms with E-state index in [4.69, 9.17) is 28.3 Å². The van der Waals surface area contributed by atoms with Gasteiger partial charge in [0, 0.05) is 22.0 Å². The Morgan fingerprint density at radius 3 is 1.97 bits per heavy atom. The van der Waals surface area contributed by atoms with Crippen molar-refractivity contribution in [3.8, 4) is 5.69 Å². The molecule has 0 aliphatic heterocycles. The molecule has 0 bridgehead atoms. The second-order valence-electron chi connectivity index (χ2n) is 6.69. The van der Waals surface area contributed by atoms with Gasteiger partial charge < -0.3 is 5.11 Å². The highest BCUT2D eigenvalue weighted by atomic mass is 35.5. The molecular formula is C24H33Cl2N5O5. The Balaban J connectivity index is 0.00000190. The molecular weight excluding hydrogens is 509 g/mol. The highest BCUT2D eigenvalue weighted by Crippen LogP contribution is 2.29. The van der Waals surface area contributed by atoms with Crippen LogP contribution in [0.25, 0.3) is 5.69 Å². The van der Waals surface area contributed by atoms with Gasteiger partial charge in [-0.25, -0.2) is 14.7 Å². The number of hydrogen-bond donors (Lipinski definition) is 3. The number of aromatic nitrogens is 5. The van der Waals surface area contributed by atoms with Crippen LogP contribution in [0.15, 0.2) is 32.6 Å². The van der Waals surface area contributed by atoms with E-state index in [0.717, 1.165) is 0 Å². The van der Waals surface area contributed by atoms with E-state index in [1.165, 1.54) is 12.1 Å². The number of carbonyl (C=O) groups is 1. The molecule has 0 amide bonds. The fraction of sp³-hybridized carbons (Fsp3) is 0.417. The maximum absolute atomic E-state index is 12.1. The van der Waals surface area contributed by atoms with Crippen molar-refractivity contribution in [2.24, 2.45) is 0 Å². The third-order valence-corrected chi connectivity index (χ3v) is 4.94. The fourth-order valence-corrected chi connectivity index (χ4v) is 3.37. The molecule has 1 aromatic carbocycles. The highest BCUT2D eigenvalue weighted by molar-refractivity contribution is 6.36. The molecule has 0 atom stereocenters. The smallest absolute Gasteiger partial charge is 0.362 e. The molecule has 3 N–H and O–H groups in total. The van der Waals surface area contributed by atoms with E-state index >= 15 is 0 Å². The van der Waals surface area contributed by atoms with Crippen LogP contribution in [0.5, 0.6) is 0 Å². The highest BCUT2D eigenvalue weighted by Gasteiger charge is 2.18. The average molecular weight is 542 g/mol. The molecule has 0 radical (unpaired) electrons. The molecule has 0 spiro atoms. The summed E-state index contributed by atoms with van der Waals surface area (Å²) in [7, 11) is 0. The minimum atomic E-state index is -1.59. The van der Waals surface area contributed by atoms with E-state index < -0.39 is 22.9 Å². The maximum Gasteiger partial charge on any atom is 0.362 e. The van der Waals surface area contributed by atoms with E-state index in [1.54, 1.807) is 6.07 Å². The molecule has 0 fully saturated rings. The van der Waals surface area contributed by atoms with Crippen LogP contribution in [0.4, 0.5) is 0 Å². The number of aromatic amines is 2. The lowest BCUT2D eigenvalue weighted by Crippen LogP contribution is -2.35. The monoisotopic (exact) mass is 541 g/mol. The minimum absolute atomic E-state index is 0.00885. The van der Waals surface area contributed by atoms with Gasteiger partial charge in [0.05, 0.1) is 11.4 Å². The number of carboxylic acids is 1. The number of nitrogens with one attached hydrogen (secondary N) is 2. The second kappa shape index (κ2) is 15.7. The summed E-state index contributed by atoms with van der Waals surface area (Å²) in [4.78, 5) is 48.5. The Morgan fingerprint density at radius 2 is 1.50 bits per heavy atom. The van der Waals surface area contributed by atoms with E-state index in [-0.39, 0.29) is 33.6 Å². The molecule has 198 valence electrons. The van der Waals surface area contributed by atoms with Gasteiger partial charge >= 0.3 is 11.7 Å². The Hall–Kier alpha value is -3.24. The Kier molecular flexibility index (Phi) is 14.3. The van der Waals surface area contributed by atoms with E-state index in [2.05, 4.69) is 15.3 Å². The average Bonchev–Trinajstić information content (AvgIpc) is 2.85. The molecule has 0 saturated heterocycles. The molecule has 0 aliphatic carbocycles. The number of aromatic carboxylic acids is 1. The summed E-state index contributed by atoms with van der Waals surface area (Å²) in [5, 5.41) is 19.4. The molecule has 3 aromatic rings. The molecule has 2 heterocycles. The van der Waals surface area contributed by atoms with Crippen molar-refractivity contribution in [1.29, 1.82) is 0 Å². The molecule has 3 rings (SSSR count). The van der Waals surface area contributed by atoms with Crippen molar-refractivity contribution in [1.82, 2.24) is 25.0 Å². The van der Waals surface area contributed by atoms with Gasteiger partial charge in [0.25, 0.3) is 11.1 Å². The standard InChI is InChI=1S/C18H15Cl2N5O5.3C2H6/c1-7(2)10-3-8(22-23-15(10)26)4-11-12(19)5-9(6-13(11)20)25-18(30)21-16(27)14(24-25)17(28)29;3*1-2/h3,5-7H,4H2,1-2H3,(H,23,26)(H,28,29)(H,21,27,30);3*1-2H3. The fourth-order valence-electron chi connectivity index (χ4n) is 2.76. The van der Waals surface area contributed by atoms with Crippen LogP contribution < -0.4 is 16.8 Å². The Morgan fingerprint density at radius 1 is 0.972 bits per heavy atom. The lowest BCUT2D eigenvalue weighted by molar-refractivity contribution is 0.0685. The normalized spacial score (nSPS) is 9.75. The minimum Gasteiger partial charge on any atom is -0.476 e. The van der Waals surface area contributed by atoms with Gasteiger partial charge in [-0.2, -0.15) is 14.9 Å². The molecule has 36 heavy (non-hydrogen) atoms. The predicted octanol–water partition coefficient (Wildman–Crippen LogP) is 4.80. The number of hydrogen-bond acceptors (Lipinski definition) is 6. The molecule has 0 saturated carbocycles. The summed E-state index contributed by atoms with van der Waals surface area (Å²) in [6, 6.07) is 4.38. The summed E-state index contributed by atoms with van der Waals surface area (Å²) in [6.45, 7) is 15.8. The van der Waals surface area contributed by atoms with Crippen molar-refractivity contribution < 1.29 is 9.90 Å². The van der Waals surface area contributed by atoms with E-state index in [1.807, 2.05) is 60.4 Å². The summed E-state index contributed by atoms with van der Waals surface area (Å²) >= 11 is 12.7. The van der Waals surface area contributed by atoms with Crippen LogP contribution in [0.2, 0.25) is 10.0 Å². The van der Waals surface area contributed by atoms with Crippen LogP contribution in [0.3, 0.4) is 0 Å². The van der Waals surface area contributed by atoms with Crippen molar-refractivity contribution >= 4 is 29.2 Å². The molecule has 10 nitrogen and oxygen atoms in total. The zero-order chi connectivity index (χ0) is 28.2. The van der Waals surface area contributed by atoms with E-state index in [9.17, 15) is 19.2 Å². The third-order valence-electron chi connectivity index (χ3n) is 4.27. The zero-order valence-electron chi connectivity index (χ0n) is 21.7. The summed E-state index contributed by atoms with van der Waals surface area (Å²) < 4.78 is 0.682. The molecule has 0 aliphatic rings. The topological polar surface area (TPSA) is 151 Å². The van der Waals surface area contributed by atoms with Gasteiger partial charge in [-0.3, -0.25) is 14.6 Å². The zero-order valence-corrected chi connectivity index (χ0v) is 23.2. The molecule has 2 aromatic heterocycles. The Bertz CT molecular complexity index is 1310. The second-order valence-corrected chi connectivity index (χ2v) is 7.50. The van der Waals surface area contributed by atoms with Gasteiger partial charge in [-0.1, -0.05) is 78.6 Å². The van der Waals surface area contributed by atoms with Crippen molar-refractivity contribution in [2.45, 2.75) is 67.7 Å². The molecule has 12 heteroatoms. The van der Waals surface area contributed by atoms with Crippen molar-refractivity contribution in [3.63, 3.8) is 0 Å². The first-order chi connectivity index (χ1) is 17.1. The van der Waals surface area contributed by atoms with Crippen molar-refractivity contribution in [3.05, 3.63) is 82.0 Å². The summed E-state index contributed by atoms with van der Waals surface area (Å²) in [6.07, 6.45) is 0.197. The summed E-state index contributed by atoms with van der Waals surface area (Å²) in [5.74, 6) is -1.60. The number of carboxylic acid groups (broad SMARTS) is 1. The van der Waals surface area contributed by atoms with Gasteiger partial charge in [0.2, 0.25) is 5.69 Å². The van der Waals surface area contributed by atoms with Gasteiger partial charge in [-0.15, -0.1) is 0 Å².